The Kier molecular flexibility index (Phi) is 5.62. The first kappa shape index (κ1) is 13.0. The molecule has 0 saturated heterocycles. The number of nitrogens with two attached hydrogens (primary N) is 1. The van der Waals surface area contributed by atoms with Crippen LogP contribution < -0.4 is 5.73 Å². The highest BCUT2D eigenvalue weighted by Crippen LogP contribution is 2.23. The van der Waals surface area contributed by atoms with Crippen LogP contribution >= 0.6 is 0 Å². The Labute approximate surface area is 95.2 Å². The molecule has 1 saturated carbocycles. The van der Waals surface area contributed by atoms with Gasteiger partial charge in [-0.15, -0.1) is 0 Å². The topological polar surface area (TPSA) is 29.3 Å². The molecule has 0 aromatic heterocycles. The van der Waals surface area contributed by atoms with Gasteiger partial charge in [-0.2, -0.15) is 0 Å². The molecule has 0 spiro atoms. The van der Waals surface area contributed by atoms with Crippen LogP contribution in [0, 0.1) is 11.8 Å². The predicted molar refractivity (Wildman–Crippen MR) is 66.9 cm³/mol. The Hall–Kier alpha value is -0.0800. The lowest BCUT2D eigenvalue weighted by molar-refractivity contribution is 0.152. The molecule has 1 rings (SSSR count). The smallest absolute Gasteiger partial charge is 0.00923 e. The van der Waals surface area contributed by atoms with Crippen LogP contribution in [0.25, 0.3) is 0 Å². The van der Waals surface area contributed by atoms with Crippen LogP contribution in [0.2, 0.25) is 0 Å². The maximum Gasteiger partial charge on any atom is 0.00923 e. The van der Waals surface area contributed by atoms with Crippen molar-refractivity contribution < 1.29 is 0 Å². The van der Waals surface area contributed by atoms with Crippen LogP contribution in [0.4, 0.5) is 0 Å². The number of hydrogen-bond acceptors (Lipinski definition) is 2. The van der Waals surface area contributed by atoms with Crippen LogP contribution in [-0.2, 0) is 0 Å². The molecule has 2 nitrogen and oxygen atoms in total. The van der Waals surface area contributed by atoms with Gasteiger partial charge in [0, 0.05) is 12.6 Å². The molecule has 1 aliphatic carbocycles. The van der Waals surface area contributed by atoms with E-state index in [1.165, 1.54) is 38.6 Å². The fourth-order valence-electron chi connectivity index (χ4n) is 2.60. The highest BCUT2D eigenvalue weighted by Gasteiger charge is 2.21. The van der Waals surface area contributed by atoms with E-state index < -0.39 is 0 Å². The summed E-state index contributed by atoms with van der Waals surface area (Å²) in [5.74, 6) is 1.37. The molecule has 2 heteroatoms. The minimum absolute atomic E-state index is 0.664. The van der Waals surface area contributed by atoms with Crippen molar-refractivity contribution in [2.45, 2.75) is 52.0 Å². The van der Waals surface area contributed by atoms with Gasteiger partial charge in [-0.25, -0.2) is 0 Å². The highest BCUT2D eigenvalue weighted by atomic mass is 15.1. The summed E-state index contributed by atoms with van der Waals surface area (Å²) < 4.78 is 0. The number of nitrogens with zero attached hydrogens (tertiary/aromatic N) is 1. The zero-order chi connectivity index (χ0) is 11.3. The average Bonchev–Trinajstić information content (AvgIpc) is 2.26. The molecule has 0 bridgehead atoms. The summed E-state index contributed by atoms with van der Waals surface area (Å²) >= 11 is 0. The van der Waals surface area contributed by atoms with E-state index in [0.717, 1.165) is 12.6 Å². The second-order valence-electron chi connectivity index (χ2n) is 5.47. The minimum atomic E-state index is 0.664. The van der Waals surface area contributed by atoms with E-state index in [0.29, 0.717) is 11.8 Å². The predicted octanol–water partition coefficient (Wildman–Crippen LogP) is 2.48. The fourth-order valence-corrected chi connectivity index (χ4v) is 2.60. The van der Waals surface area contributed by atoms with E-state index in [2.05, 4.69) is 25.8 Å². The van der Waals surface area contributed by atoms with Crippen molar-refractivity contribution in [3.8, 4) is 0 Å². The van der Waals surface area contributed by atoms with E-state index in [9.17, 15) is 0 Å². The molecule has 0 aromatic rings. The zero-order valence-electron chi connectivity index (χ0n) is 10.7. The van der Waals surface area contributed by atoms with Gasteiger partial charge in [0.15, 0.2) is 0 Å². The quantitative estimate of drug-likeness (QED) is 0.758. The first-order chi connectivity index (χ1) is 7.15. The van der Waals surface area contributed by atoms with E-state index in [1.54, 1.807) is 0 Å². The highest BCUT2D eigenvalue weighted by molar-refractivity contribution is 4.76. The lowest BCUT2D eigenvalue weighted by Gasteiger charge is -2.34. The summed E-state index contributed by atoms with van der Waals surface area (Å²) in [4.78, 5) is 2.55. The lowest BCUT2D eigenvalue weighted by atomic mass is 9.91. The van der Waals surface area contributed by atoms with Gasteiger partial charge in [0.05, 0.1) is 0 Å². The molecule has 0 aliphatic heterocycles. The van der Waals surface area contributed by atoms with Crippen LogP contribution in [0.3, 0.4) is 0 Å². The molecule has 1 aliphatic rings. The van der Waals surface area contributed by atoms with Crippen molar-refractivity contribution in [1.29, 1.82) is 0 Å². The van der Waals surface area contributed by atoms with E-state index in [1.807, 2.05) is 0 Å². The zero-order valence-corrected chi connectivity index (χ0v) is 10.7. The molecular formula is C13H28N2. The van der Waals surface area contributed by atoms with Gasteiger partial charge in [-0.1, -0.05) is 33.1 Å². The largest absolute Gasteiger partial charge is 0.330 e. The minimum Gasteiger partial charge on any atom is -0.330 e. The molecule has 1 unspecified atom stereocenters. The number of rotatable bonds is 5. The van der Waals surface area contributed by atoms with E-state index >= 15 is 0 Å². The standard InChI is InChI=1S/C13H28N2/c1-11(2)12(9-14)10-15(3)13-7-5-4-6-8-13/h11-13H,4-10,14H2,1-3H3. The second kappa shape index (κ2) is 6.49. The van der Waals surface area contributed by atoms with Crippen molar-refractivity contribution in [3.63, 3.8) is 0 Å². The molecule has 1 fully saturated rings. The summed E-state index contributed by atoms with van der Waals surface area (Å²) in [6, 6.07) is 0.826. The normalized spacial score (nSPS) is 21.2. The Bertz CT molecular complexity index is 162. The Morgan fingerprint density at radius 1 is 1.20 bits per heavy atom. The number of hydrogen-bond donors (Lipinski definition) is 1. The van der Waals surface area contributed by atoms with Gasteiger partial charge >= 0.3 is 0 Å². The van der Waals surface area contributed by atoms with Crippen molar-refractivity contribution in [3.05, 3.63) is 0 Å². The summed E-state index contributed by atoms with van der Waals surface area (Å²) in [5.41, 5.74) is 5.82. The third kappa shape index (κ3) is 4.12. The first-order valence-corrected chi connectivity index (χ1v) is 6.55. The van der Waals surface area contributed by atoms with Gasteiger partial charge < -0.3 is 10.6 Å². The summed E-state index contributed by atoms with van der Waals surface area (Å²) in [5, 5.41) is 0. The average molecular weight is 212 g/mol. The summed E-state index contributed by atoms with van der Waals surface area (Å²) in [7, 11) is 2.28. The molecular weight excluding hydrogens is 184 g/mol. The van der Waals surface area contributed by atoms with E-state index in [-0.39, 0.29) is 0 Å². The van der Waals surface area contributed by atoms with Gasteiger partial charge in [0.1, 0.15) is 0 Å². The maximum atomic E-state index is 5.82. The van der Waals surface area contributed by atoms with Crippen LogP contribution in [0.5, 0.6) is 0 Å². The van der Waals surface area contributed by atoms with Crippen molar-refractivity contribution in [2.24, 2.45) is 17.6 Å². The van der Waals surface area contributed by atoms with Crippen LogP contribution in [0.15, 0.2) is 0 Å². The Balaban J connectivity index is 2.34. The second-order valence-corrected chi connectivity index (χ2v) is 5.47. The molecule has 2 N–H and O–H groups in total. The summed E-state index contributed by atoms with van der Waals surface area (Å²) in [6.45, 7) is 6.58. The first-order valence-electron chi connectivity index (χ1n) is 6.55. The molecule has 90 valence electrons. The molecule has 1 atom stereocenters. The molecule has 15 heavy (non-hydrogen) atoms. The van der Waals surface area contributed by atoms with Gasteiger partial charge in [0.2, 0.25) is 0 Å². The molecule has 0 heterocycles. The molecule has 0 amide bonds. The lowest BCUT2D eigenvalue weighted by Crippen LogP contribution is -2.40. The van der Waals surface area contributed by atoms with E-state index in [4.69, 9.17) is 5.73 Å². The van der Waals surface area contributed by atoms with Gasteiger partial charge in [-0.3, -0.25) is 0 Å². The monoisotopic (exact) mass is 212 g/mol. The van der Waals surface area contributed by atoms with Crippen LogP contribution in [-0.4, -0.2) is 31.1 Å². The maximum absolute atomic E-state index is 5.82. The van der Waals surface area contributed by atoms with Crippen molar-refractivity contribution in [1.82, 2.24) is 4.90 Å². The Morgan fingerprint density at radius 3 is 2.27 bits per heavy atom. The molecule has 0 radical (unpaired) electrons. The van der Waals surface area contributed by atoms with Crippen molar-refractivity contribution in [2.75, 3.05) is 20.1 Å². The van der Waals surface area contributed by atoms with Gasteiger partial charge in [-0.05, 0) is 38.3 Å². The van der Waals surface area contributed by atoms with Gasteiger partial charge in [0.25, 0.3) is 0 Å². The van der Waals surface area contributed by atoms with Crippen molar-refractivity contribution >= 4 is 0 Å². The van der Waals surface area contributed by atoms with Crippen LogP contribution in [0.1, 0.15) is 46.0 Å². The fraction of sp³-hybridized carbons (Fsp3) is 1.00. The molecule has 0 aromatic carbocycles. The third-order valence-corrected chi connectivity index (χ3v) is 3.97. The SMILES string of the molecule is CC(C)C(CN)CN(C)C1CCCCC1. The third-order valence-electron chi connectivity index (χ3n) is 3.97. The summed E-state index contributed by atoms with van der Waals surface area (Å²) in [6.07, 6.45) is 7.07. The Morgan fingerprint density at radius 2 is 1.80 bits per heavy atom.